The minimum atomic E-state index is -0.598. The van der Waals surface area contributed by atoms with E-state index < -0.39 is 6.09 Å². The molecule has 0 spiro atoms. The number of carbonyl (C=O) groups excluding carboxylic acids is 2. The molecule has 1 atom stereocenters. The molecule has 2 aromatic rings. The highest BCUT2D eigenvalue weighted by Crippen LogP contribution is 2.24. The third-order valence-corrected chi connectivity index (χ3v) is 5.14. The zero-order valence-corrected chi connectivity index (χ0v) is 16.9. The molecule has 6 nitrogen and oxygen atoms in total. The molecule has 29 heavy (non-hydrogen) atoms. The number of nitrogens with one attached hydrogen (secondary N) is 2. The van der Waals surface area contributed by atoms with Crippen molar-refractivity contribution in [1.82, 2.24) is 15.5 Å². The molecular weight excluding hydrogens is 366 g/mol. The summed E-state index contributed by atoms with van der Waals surface area (Å²) in [6.45, 7) is 4.74. The molecule has 6 heteroatoms. The summed E-state index contributed by atoms with van der Waals surface area (Å²) in [7, 11) is 0. The average molecular weight is 396 g/mol. The predicted molar refractivity (Wildman–Crippen MR) is 112 cm³/mol. The lowest BCUT2D eigenvalue weighted by Crippen LogP contribution is -2.41. The molecular formula is C23H29N3O3. The van der Waals surface area contributed by atoms with E-state index in [1.807, 2.05) is 30.3 Å². The molecule has 154 valence electrons. The fraction of sp³-hybridized carbons (Fsp3) is 0.391. The molecule has 2 amide bonds. The van der Waals surface area contributed by atoms with E-state index in [0.717, 1.165) is 18.7 Å². The molecule has 2 aromatic carbocycles. The monoisotopic (exact) mass is 395 g/mol. The molecule has 1 fully saturated rings. The van der Waals surface area contributed by atoms with Gasteiger partial charge in [-0.15, -0.1) is 0 Å². The Morgan fingerprint density at radius 1 is 1.00 bits per heavy atom. The number of alkyl carbamates (subject to hydrolysis) is 1. The Kier molecular flexibility index (Phi) is 7.64. The van der Waals surface area contributed by atoms with E-state index in [1.165, 1.54) is 24.0 Å². The van der Waals surface area contributed by atoms with Crippen LogP contribution in [0.2, 0.25) is 0 Å². The summed E-state index contributed by atoms with van der Waals surface area (Å²) in [5, 5.41) is 5.46. The first-order chi connectivity index (χ1) is 14.1. The quantitative estimate of drug-likeness (QED) is 0.720. The maximum Gasteiger partial charge on any atom is 0.407 e. The normalized spacial score (nSPS) is 14.9. The SMILES string of the molecule is Cc1ccc(C(CNC(=O)CNC(=O)OCc2ccccc2)N2CCCC2)cc1. The van der Waals surface area contributed by atoms with Crippen LogP contribution in [0.3, 0.4) is 0 Å². The molecule has 1 saturated heterocycles. The van der Waals surface area contributed by atoms with E-state index in [2.05, 4.69) is 46.7 Å². The molecule has 0 saturated carbocycles. The van der Waals surface area contributed by atoms with Crippen molar-refractivity contribution in [3.63, 3.8) is 0 Å². The first-order valence-electron chi connectivity index (χ1n) is 10.1. The predicted octanol–water partition coefficient (Wildman–Crippen LogP) is 3.17. The number of rotatable bonds is 8. The van der Waals surface area contributed by atoms with E-state index in [-0.39, 0.29) is 25.1 Å². The van der Waals surface area contributed by atoms with Crippen LogP contribution in [0.15, 0.2) is 54.6 Å². The first kappa shape index (κ1) is 20.9. The van der Waals surface area contributed by atoms with Crippen LogP contribution >= 0.6 is 0 Å². The van der Waals surface area contributed by atoms with Gasteiger partial charge >= 0.3 is 6.09 Å². The lowest BCUT2D eigenvalue weighted by atomic mass is 10.0. The zero-order chi connectivity index (χ0) is 20.5. The number of nitrogens with zero attached hydrogens (tertiary/aromatic N) is 1. The summed E-state index contributed by atoms with van der Waals surface area (Å²) >= 11 is 0. The first-order valence-corrected chi connectivity index (χ1v) is 10.1. The van der Waals surface area contributed by atoms with Crippen molar-refractivity contribution in [2.24, 2.45) is 0 Å². The van der Waals surface area contributed by atoms with Crippen LogP contribution < -0.4 is 10.6 Å². The van der Waals surface area contributed by atoms with Crippen LogP contribution in [0.25, 0.3) is 0 Å². The second kappa shape index (κ2) is 10.6. The van der Waals surface area contributed by atoms with Crippen LogP contribution in [0.5, 0.6) is 0 Å². The van der Waals surface area contributed by atoms with Gasteiger partial charge in [0.2, 0.25) is 5.91 Å². The fourth-order valence-corrected chi connectivity index (χ4v) is 3.50. The van der Waals surface area contributed by atoms with Gasteiger partial charge in [-0.05, 0) is 44.0 Å². The number of likely N-dealkylation sites (tertiary alicyclic amines) is 1. The van der Waals surface area contributed by atoms with Crippen molar-refractivity contribution in [3.8, 4) is 0 Å². The van der Waals surface area contributed by atoms with Gasteiger partial charge in [-0.25, -0.2) is 4.79 Å². The molecule has 0 aromatic heterocycles. The average Bonchev–Trinajstić information content (AvgIpc) is 3.27. The minimum Gasteiger partial charge on any atom is -0.445 e. The fourth-order valence-electron chi connectivity index (χ4n) is 3.50. The van der Waals surface area contributed by atoms with Crippen molar-refractivity contribution in [3.05, 3.63) is 71.3 Å². The Morgan fingerprint density at radius 2 is 1.69 bits per heavy atom. The number of amides is 2. The van der Waals surface area contributed by atoms with Crippen LogP contribution in [0.4, 0.5) is 4.79 Å². The van der Waals surface area contributed by atoms with Gasteiger partial charge in [0.05, 0.1) is 12.6 Å². The number of benzene rings is 2. The van der Waals surface area contributed by atoms with Gasteiger partial charge in [0, 0.05) is 6.54 Å². The Hall–Kier alpha value is -2.86. The number of hydrogen-bond acceptors (Lipinski definition) is 4. The van der Waals surface area contributed by atoms with Crippen LogP contribution in [-0.4, -0.2) is 43.1 Å². The highest BCUT2D eigenvalue weighted by molar-refractivity contribution is 5.82. The molecule has 1 aliphatic heterocycles. The van der Waals surface area contributed by atoms with Gasteiger partial charge in [-0.1, -0.05) is 60.2 Å². The Bertz CT molecular complexity index is 787. The van der Waals surface area contributed by atoms with E-state index in [9.17, 15) is 9.59 Å². The largest absolute Gasteiger partial charge is 0.445 e. The summed E-state index contributed by atoms with van der Waals surface area (Å²) < 4.78 is 5.13. The van der Waals surface area contributed by atoms with Crippen LogP contribution in [-0.2, 0) is 16.1 Å². The summed E-state index contributed by atoms with van der Waals surface area (Å²) in [5.74, 6) is -0.224. The third kappa shape index (κ3) is 6.61. The summed E-state index contributed by atoms with van der Waals surface area (Å²) in [6, 6.07) is 18.0. The number of hydrogen-bond donors (Lipinski definition) is 2. The third-order valence-electron chi connectivity index (χ3n) is 5.14. The summed E-state index contributed by atoms with van der Waals surface area (Å²) in [4.78, 5) is 26.4. The van der Waals surface area contributed by atoms with Crippen LogP contribution in [0.1, 0.15) is 35.6 Å². The number of carbonyl (C=O) groups is 2. The standard InChI is InChI=1S/C23H29N3O3/c1-18-9-11-20(12-10-18)21(26-13-5-6-14-26)15-24-22(27)16-25-23(28)29-17-19-7-3-2-4-8-19/h2-4,7-12,21H,5-6,13-17H2,1H3,(H,24,27)(H,25,28). The van der Waals surface area contributed by atoms with Gasteiger partial charge in [0.25, 0.3) is 0 Å². The molecule has 0 aliphatic carbocycles. The van der Waals surface area contributed by atoms with Crippen molar-refractivity contribution in [1.29, 1.82) is 0 Å². The molecule has 1 unspecified atom stereocenters. The molecule has 1 aliphatic rings. The minimum absolute atomic E-state index is 0.103. The zero-order valence-electron chi connectivity index (χ0n) is 16.9. The van der Waals surface area contributed by atoms with Crippen molar-refractivity contribution in [2.45, 2.75) is 32.4 Å². The Balaban J connectivity index is 1.44. The second-order valence-electron chi connectivity index (χ2n) is 7.39. The lowest BCUT2D eigenvalue weighted by molar-refractivity contribution is -0.120. The molecule has 3 rings (SSSR count). The van der Waals surface area contributed by atoms with Gasteiger partial charge in [0.15, 0.2) is 0 Å². The topological polar surface area (TPSA) is 70.7 Å². The Morgan fingerprint density at radius 3 is 2.38 bits per heavy atom. The lowest BCUT2D eigenvalue weighted by Gasteiger charge is -2.28. The van der Waals surface area contributed by atoms with Gasteiger partial charge < -0.3 is 15.4 Å². The number of ether oxygens (including phenoxy) is 1. The number of aryl methyl sites for hydroxylation is 1. The van der Waals surface area contributed by atoms with Crippen LogP contribution in [0, 0.1) is 6.92 Å². The molecule has 2 N–H and O–H groups in total. The van der Waals surface area contributed by atoms with E-state index in [0.29, 0.717) is 6.54 Å². The van der Waals surface area contributed by atoms with E-state index >= 15 is 0 Å². The van der Waals surface area contributed by atoms with Crippen molar-refractivity contribution in [2.75, 3.05) is 26.2 Å². The van der Waals surface area contributed by atoms with Crippen molar-refractivity contribution < 1.29 is 14.3 Å². The maximum absolute atomic E-state index is 12.2. The molecule has 1 heterocycles. The highest BCUT2D eigenvalue weighted by Gasteiger charge is 2.24. The van der Waals surface area contributed by atoms with Gasteiger partial charge in [0.1, 0.15) is 6.61 Å². The van der Waals surface area contributed by atoms with E-state index in [4.69, 9.17) is 4.74 Å². The van der Waals surface area contributed by atoms with Crippen molar-refractivity contribution >= 4 is 12.0 Å². The molecule has 0 bridgehead atoms. The smallest absolute Gasteiger partial charge is 0.407 e. The van der Waals surface area contributed by atoms with Gasteiger partial charge in [-0.3, -0.25) is 9.69 Å². The summed E-state index contributed by atoms with van der Waals surface area (Å²) in [6.07, 6.45) is 1.77. The highest BCUT2D eigenvalue weighted by atomic mass is 16.5. The maximum atomic E-state index is 12.2. The molecule has 0 radical (unpaired) electrons. The van der Waals surface area contributed by atoms with E-state index in [1.54, 1.807) is 0 Å². The summed E-state index contributed by atoms with van der Waals surface area (Å²) in [5.41, 5.74) is 3.32. The van der Waals surface area contributed by atoms with Gasteiger partial charge in [-0.2, -0.15) is 0 Å². The second-order valence-corrected chi connectivity index (χ2v) is 7.39. The Labute approximate surface area is 172 Å².